The van der Waals surface area contributed by atoms with Crippen LogP contribution in [0.25, 0.3) is 71.7 Å². The van der Waals surface area contributed by atoms with E-state index in [2.05, 4.69) is 252 Å². The Hall–Kier alpha value is -8.40. The first-order valence-electron chi connectivity index (χ1n) is 22.0. The second-order valence-electron chi connectivity index (χ2n) is 16.8. The zero-order valence-corrected chi connectivity index (χ0v) is 34.9. The normalized spacial score (nSPS) is 12.8. The minimum Gasteiger partial charge on any atom is -0.456 e. The summed E-state index contributed by atoms with van der Waals surface area (Å²) in [6, 6.07) is 88.1. The van der Waals surface area contributed by atoms with Crippen LogP contribution >= 0.6 is 0 Å². The molecule has 3 heteroatoms. The summed E-state index contributed by atoms with van der Waals surface area (Å²) in [5, 5.41) is 4.71. The average molecular weight is 817 g/mol. The Bertz CT molecular complexity index is 3670. The fourth-order valence-corrected chi connectivity index (χ4v) is 10.7. The lowest BCUT2D eigenvalue weighted by molar-refractivity contribution is 0.648. The van der Waals surface area contributed by atoms with Gasteiger partial charge in [-0.05, 0) is 99.6 Å². The quantitative estimate of drug-likeness (QED) is 0.160. The van der Waals surface area contributed by atoms with Crippen LogP contribution in [0.5, 0.6) is 0 Å². The van der Waals surface area contributed by atoms with Crippen LogP contribution in [-0.2, 0) is 5.41 Å². The molecule has 12 aromatic rings. The molecule has 0 fully saturated rings. The smallest absolute Gasteiger partial charge is 0.140 e. The second-order valence-corrected chi connectivity index (χ2v) is 16.8. The molecule has 0 bridgehead atoms. The molecule has 1 aliphatic rings. The van der Waals surface area contributed by atoms with E-state index < -0.39 is 5.41 Å². The number of aromatic nitrogens is 1. The number of para-hydroxylation sites is 4. The zero-order chi connectivity index (χ0) is 42.2. The highest BCUT2D eigenvalue weighted by Crippen LogP contribution is 2.58. The van der Waals surface area contributed by atoms with E-state index in [1.165, 1.54) is 55.2 Å². The molecule has 0 saturated carbocycles. The summed E-state index contributed by atoms with van der Waals surface area (Å²) >= 11 is 0. The molecule has 3 nitrogen and oxygen atoms in total. The van der Waals surface area contributed by atoms with Gasteiger partial charge in [0.15, 0.2) is 0 Å². The predicted molar refractivity (Wildman–Crippen MR) is 265 cm³/mol. The van der Waals surface area contributed by atoms with Gasteiger partial charge in [0.1, 0.15) is 11.2 Å². The van der Waals surface area contributed by atoms with Gasteiger partial charge in [-0.1, -0.05) is 182 Å². The van der Waals surface area contributed by atoms with Crippen molar-refractivity contribution >= 4 is 60.8 Å². The number of benzene rings is 10. The second kappa shape index (κ2) is 14.3. The Morgan fingerprint density at radius 1 is 0.359 bits per heavy atom. The largest absolute Gasteiger partial charge is 0.456 e. The van der Waals surface area contributed by atoms with Crippen molar-refractivity contribution in [2.45, 2.75) is 5.41 Å². The first kappa shape index (κ1) is 36.3. The number of hydrogen-bond donors (Lipinski definition) is 0. The molecule has 2 heterocycles. The van der Waals surface area contributed by atoms with Gasteiger partial charge < -0.3 is 13.9 Å². The van der Waals surface area contributed by atoms with Crippen LogP contribution in [0.1, 0.15) is 22.3 Å². The maximum absolute atomic E-state index is 6.88. The van der Waals surface area contributed by atoms with E-state index >= 15 is 0 Å². The summed E-state index contributed by atoms with van der Waals surface area (Å²) in [7, 11) is 0. The number of furan rings is 1. The van der Waals surface area contributed by atoms with Gasteiger partial charge in [0.2, 0.25) is 0 Å². The molecule has 13 rings (SSSR count). The van der Waals surface area contributed by atoms with Gasteiger partial charge in [0.25, 0.3) is 0 Å². The van der Waals surface area contributed by atoms with E-state index in [1.54, 1.807) is 0 Å². The van der Waals surface area contributed by atoms with Gasteiger partial charge in [-0.2, -0.15) is 0 Å². The molecular weight excluding hydrogens is 777 g/mol. The fraction of sp³-hybridized carbons (Fsp3) is 0.0164. The summed E-state index contributed by atoms with van der Waals surface area (Å²) in [6.45, 7) is 0. The Labute approximate surface area is 371 Å². The molecule has 0 spiro atoms. The summed E-state index contributed by atoms with van der Waals surface area (Å²) in [6.07, 6.45) is 0. The lowest BCUT2D eigenvalue weighted by atomic mass is 9.67. The average Bonchev–Trinajstić information content (AvgIpc) is 4.02. The van der Waals surface area contributed by atoms with E-state index in [4.69, 9.17) is 4.42 Å². The third-order valence-electron chi connectivity index (χ3n) is 13.5. The topological polar surface area (TPSA) is 21.3 Å². The van der Waals surface area contributed by atoms with Crippen molar-refractivity contribution in [3.63, 3.8) is 0 Å². The van der Waals surface area contributed by atoms with Crippen LogP contribution in [0.3, 0.4) is 0 Å². The van der Waals surface area contributed by atoms with E-state index in [-0.39, 0.29) is 0 Å². The van der Waals surface area contributed by atoms with Gasteiger partial charge in [-0.15, -0.1) is 0 Å². The van der Waals surface area contributed by atoms with Gasteiger partial charge in [0, 0.05) is 49.9 Å². The van der Waals surface area contributed by atoms with Crippen molar-refractivity contribution in [2.24, 2.45) is 0 Å². The number of hydrogen-bond acceptors (Lipinski definition) is 2. The first-order chi connectivity index (χ1) is 31.8. The van der Waals surface area contributed by atoms with Crippen molar-refractivity contribution < 1.29 is 4.42 Å². The van der Waals surface area contributed by atoms with E-state index in [1.807, 2.05) is 0 Å². The van der Waals surface area contributed by atoms with Crippen LogP contribution < -0.4 is 4.90 Å². The van der Waals surface area contributed by atoms with Gasteiger partial charge in [-0.3, -0.25) is 0 Å². The van der Waals surface area contributed by atoms with Crippen molar-refractivity contribution in [1.82, 2.24) is 4.57 Å². The summed E-state index contributed by atoms with van der Waals surface area (Å²) in [5.41, 5.74) is 17.6. The maximum atomic E-state index is 6.88. The molecule has 0 atom stereocenters. The standard InChI is InChI=1S/C61H40N2O/c1-3-16-41(17-4-1)42-30-34-45(35-31-42)62(47-38-39-51-50-22-9-13-28-57(50)63(58(51)40-47)44-18-5-2-6-19-44)46-36-32-43(33-37-46)61(54-25-11-7-20-48(54)49-21-8-12-26-55(49)61)56-27-15-24-53-52-23-10-14-29-59(52)64-60(53)56/h1-40H. The van der Waals surface area contributed by atoms with E-state index in [9.17, 15) is 0 Å². The molecule has 64 heavy (non-hydrogen) atoms. The third-order valence-corrected chi connectivity index (χ3v) is 13.5. The number of fused-ring (bicyclic) bond motifs is 9. The monoisotopic (exact) mass is 816 g/mol. The van der Waals surface area contributed by atoms with Crippen molar-refractivity contribution in [2.75, 3.05) is 4.90 Å². The fourth-order valence-electron chi connectivity index (χ4n) is 10.7. The van der Waals surface area contributed by atoms with Crippen LogP contribution in [-0.4, -0.2) is 4.57 Å². The van der Waals surface area contributed by atoms with Crippen LogP contribution in [0.4, 0.5) is 17.1 Å². The highest BCUT2D eigenvalue weighted by molar-refractivity contribution is 6.11. The van der Waals surface area contributed by atoms with Gasteiger partial charge in [0.05, 0.1) is 16.4 Å². The summed E-state index contributed by atoms with van der Waals surface area (Å²) in [5.74, 6) is 0. The number of rotatable bonds is 7. The minimum atomic E-state index is -0.642. The molecule has 2 aromatic heterocycles. The van der Waals surface area contributed by atoms with E-state index in [0.29, 0.717) is 0 Å². The minimum absolute atomic E-state index is 0.642. The molecule has 0 saturated heterocycles. The highest BCUT2D eigenvalue weighted by Gasteiger charge is 2.47. The molecule has 0 radical (unpaired) electrons. The first-order valence-corrected chi connectivity index (χ1v) is 22.0. The third kappa shape index (κ3) is 5.34. The Morgan fingerprint density at radius 3 is 1.62 bits per heavy atom. The van der Waals surface area contributed by atoms with E-state index in [0.717, 1.165) is 55.8 Å². The molecular formula is C61H40N2O. The highest BCUT2D eigenvalue weighted by atomic mass is 16.3. The van der Waals surface area contributed by atoms with Crippen molar-refractivity contribution in [3.05, 3.63) is 265 Å². The molecule has 0 N–H and O–H groups in total. The summed E-state index contributed by atoms with van der Waals surface area (Å²) in [4.78, 5) is 2.40. The van der Waals surface area contributed by atoms with Gasteiger partial charge >= 0.3 is 0 Å². The Kier molecular flexibility index (Phi) is 8.13. The SMILES string of the molecule is c1ccc(-c2ccc(N(c3ccc(C4(c5cccc6c5oc5ccccc56)c5ccccc5-c5ccccc54)cc3)c3ccc4c5ccccc5n(-c5ccccc5)c4c3)cc2)cc1. The van der Waals surface area contributed by atoms with Crippen LogP contribution in [0, 0.1) is 0 Å². The Morgan fingerprint density at radius 2 is 0.891 bits per heavy atom. The predicted octanol–water partition coefficient (Wildman–Crippen LogP) is 16.2. The van der Waals surface area contributed by atoms with Crippen LogP contribution in [0.15, 0.2) is 247 Å². The molecule has 1 aliphatic carbocycles. The zero-order valence-electron chi connectivity index (χ0n) is 34.9. The lowest BCUT2D eigenvalue weighted by Gasteiger charge is -2.34. The molecule has 0 unspecified atom stereocenters. The van der Waals surface area contributed by atoms with Crippen molar-refractivity contribution in [1.29, 1.82) is 0 Å². The molecule has 0 aliphatic heterocycles. The number of anilines is 3. The Balaban J connectivity index is 1.04. The lowest BCUT2D eigenvalue weighted by Crippen LogP contribution is -2.28. The molecule has 10 aromatic carbocycles. The number of nitrogens with zero attached hydrogens (tertiary/aromatic N) is 2. The molecule has 300 valence electrons. The summed E-state index contributed by atoms with van der Waals surface area (Å²) < 4.78 is 9.27. The van der Waals surface area contributed by atoms with Crippen LogP contribution in [0.2, 0.25) is 0 Å². The van der Waals surface area contributed by atoms with Gasteiger partial charge in [-0.25, -0.2) is 0 Å². The molecule has 0 amide bonds. The maximum Gasteiger partial charge on any atom is 0.140 e. The van der Waals surface area contributed by atoms with Crippen molar-refractivity contribution in [3.8, 4) is 27.9 Å².